The molecule has 1 aliphatic rings. The van der Waals surface area contributed by atoms with Crippen LogP contribution in [0.25, 0.3) is 0 Å². The van der Waals surface area contributed by atoms with Crippen molar-refractivity contribution in [2.24, 2.45) is 5.92 Å². The minimum absolute atomic E-state index is 0.404. The van der Waals surface area contributed by atoms with E-state index in [1.165, 1.54) is 19.3 Å². The summed E-state index contributed by atoms with van der Waals surface area (Å²) in [5.41, 5.74) is 0. The van der Waals surface area contributed by atoms with Crippen LogP contribution in [0.4, 0.5) is 0 Å². The smallest absolute Gasteiger partial charge is 0.0373 e. The van der Waals surface area contributed by atoms with Crippen molar-refractivity contribution >= 4 is 11.6 Å². The highest BCUT2D eigenvalue weighted by molar-refractivity contribution is 6.20. The lowest BCUT2D eigenvalue weighted by Gasteiger charge is -2.07. The Bertz CT molecular complexity index is 152. The second-order valence-electron chi connectivity index (χ2n) is 2.84. The molecule has 1 fully saturated rings. The van der Waals surface area contributed by atoms with E-state index in [0.717, 1.165) is 6.42 Å². The van der Waals surface area contributed by atoms with Gasteiger partial charge in [0.25, 0.3) is 0 Å². The number of hydrogen-bond donors (Lipinski definition) is 0. The van der Waals surface area contributed by atoms with E-state index in [4.69, 9.17) is 11.6 Å². The molecule has 2 unspecified atom stereocenters. The van der Waals surface area contributed by atoms with Gasteiger partial charge in [0.1, 0.15) is 0 Å². The maximum Gasteiger partial charge on any atom is 0.0373 e. The predicted octanol–water partition coefficient (Wildman–Crippen LogP) is 2.81. The summed E-state index contributed by atoms with van der Waals surface area (Å²) in [4.78, 5) is 0. The third kappa shape index (κ3) is 1.92. The molecular formula is C9H13Cl. The summed E-state index contributed by atoms with van der Waals surface area (Å²) >= 11 is 6.05. The van der Waals surface area contributed by atoms with Gasteiger partial charge in [-0.25, -0.2) is 0 Å². The molecule has 0 amide bonds. The van der Waals surface area contributed by atoms with Crippen LogP contribution in [0.3, 0.4) is 0 Å². The first-order chi connectivity index (χ1) is 4.84. The van der Waals surface area contributed by atoms with E-state index in [1.54, 1.807) is 0 Å². The van der Waals surface area contributed by atoms with Crippen molar-refractivity contribution in [3.63, 3.8) is 0 Å². The first kappa shape index (κ1) is 7.95. The highest BCUT2D eigenvalue weighted by Gasteiger charge is 2.23. The molecule has 10 heavy (non-hydrogen) atoms. The summed E-state index contributed by atoms with van der Waals surface area (Å²) in [6, 6.07) is 0. The first-order valence-electron chi connectivity index (χ1n) is 3.88. The molecule has 0 saturated heterocycles. The lowest BCUT2D eigenvalue weighted by atomic mass is 10.0. The van der Waals surface area contributed by atoms with Crippen molar-refractivity contribution in [2.75, 3.05) is 0 Å². The van der Waals surface area contributed by atoms with E-state index in [1.807, 2.05) is 6.92 Å². The molecular weight excluding hydrogens is 144 g/mol. The third-order valence-corrected chi connectivity index (χ3v) is 2.68. The van der Waals surface area contributed by atoms with E-state index in [-0.39, 0.29) is 0 Å². The number of halogens is 1. The van der Waals surface area contributed by atoms with Crippen molar-refractivity contribution in [1.29, 1.82) is 0 Å². The zero-order valence-electron chi connectivity index (χ0n) is 6.36. The zero-order valence-corrected chi connectivity index (χ0v) is 7.12. The van der Waals surface area contributed by atoms with Gasteiger partial charge in [0, 0.05) is 11.8 Å². The standard InChI is InChI=1S/C9H13Cl/c1-2-3-5-8-6-4-7-9(8)10/h8-9H,4-7H2,1H3. The number of rotatable bonds is 1. The molecule has 0 N–H and O–H groups in total. The van der Waals surface area contributed by atoms with Gasteiger partial charge in [-0.2, -0.15) is 0 Å². The van der Waals surface area contributed by atoms with Crippen LogP contribution < -0.4 is 0 Å². The zero-order chi connectivity index (χ0) is 7.40. The summed E-state index contributed by atoms with van der Waals surface area (Å²) in [5, 5.41) is 0.404. The molecule has 1 rings (SSSR count). The van der Waals surface area contributed by atoms with Crippen molar-refractivity contribution in [3.8, 4) is 11.8 Å². The molecule has 0 bridgehead atoms. The molecule has 0 aliphatic heterocycles. The van der Waals surface area contributed by atoms with E-state index >= 15 is 0 Å². The Morgan fingerprint density at radius 2 is 2.30 bits per heavy atom. The van der Waals surface area contributed by atoms with Crippen LogP contribution in [-0.2, 0) is 0 Å². The average molecular weight is 157 g/mol. The van der Waals surface area contributed by atoms with Crippen molar-refractivity contribution in [2.45, 2.75) is 38.0 Å². The fourth-order valence-electron chi connectivity index (χ4n) is 1.45. The van der Waals surface area contributed by atoms with Gasteiger partial charge in [-0.05, 0) is 25.7 Å². The molecule has 0 radical (unpaired) electrons. The summed E-state index contributed by atoms with van der Waals surface area (Å²) in [5.74, 6) is 6.67. The van der Waals surface area contributed by atoms with Crippen molar-refractivity contribution in [3.05, 3.63) is 0 Å². The summed E-state index contributed by atoms with van der Waals surface area (Å²) in [6.07, 6.45) is 4.77. The van der Waals surface area contributed by atoms with E-state index in [0.29, 0.717) is 11.3 Å². The predicted molar refractivity (Wildman–Crippen MR) is 45.0 cm³/mol. The van der Waals surface area contributed by atoms with Crippen LogP contribution >= 0.6 is 11.6 Å². The Kier molecular flexibility index (Phi) is 3.09. The fraction of sp³-hybridized carbons (Fsp3) is 0.778. The maximum atomic E-state index is 6.05. The highest BCUT2D eigenvalue weighted by Crippen LogP contribution is 2.31. The largest absolute Gasteiger partial charge is 0.123 e. The van der Waals surface area contributed by atoms with Crippen LogP contribution in [0.15, 0.2) is 0 Å². The Morgan fingerprint density at radius 1 is 1.50 bits per heavy atom. The average Bonchev–Trinajstić information content (AvgIpc) is 2.31. The van der Waals surface area contributed by atoms with E-state index in [2.05, 4.69) is 11.8 Å². The molecule has 0 aromatic rings. The van der Waals surface area contributed by atoms with E-state index < -0.39 is 0 Å². The SMILES string of the molecule is CC#CCC1CCCC1Cl. The molecule has 0 nitrogen and oxygen atoms in total. The lowest BCUT2D eigenvalue weighted by Crippen LogP contribution is -2.04. The summed E-state index contributed by atoms with van der Waals surface area (Å²) in [7, 11) is 0. The van der Waals surface area contributed by atoms with Crippen LogP contribution in [0.5, 0.6) is 0 Å². The van der Waals surface area contributed by atoms with Gasteiger partial charge in [-0.1, -0.05) is 6.42 Å². The van der Waals surface area contributed by atoms with Crippen molar-refractivity contribution in [1.82, 2.24) is 0 Å². The topological polar surface area (TPSA) is 0 Å². The third-order valence-electron chi connectivity index (χ3n) is 2.11. The fourth-order valence-corrected chi connectivity index (χ4v) is 1.82. The minimum Gasteiger partial charge on any atom is -0.123 e. The van der Waals surface area contributed by atoms with Gasteiger partial charge in [0.05, 0.1) is 0 Å². The van der Waals surface area contributed by atoms with Gasteiger partial charge >= 0.3 is 0 Å². The molecule has 2 atom stereocenters. The van der Waals surface area contributed by atoms with Gasteiger partial charge < -0.3 is 0 Å². The maximum absolute atomic E-state index is 6.05. The molecule has 0 spiro atoms. The molecule has 1 heteroatoms. The minimum atomic E-state index is 0.404. The van der Waals surface area contributed by atoms with Gasteiger partial charge in [0.2, 0.25) is 0 Å². The Morgan fingerprint density at radius 3 is 2.80 bits per heavy atom. The molecule has 0 aromatic heterocycles. The lowest BCUT2D eigenvalue weighted by molar-refractivity contribution is 0.573. The first-order valence-corrected chi connectivity index (χ1v) is 4.32. The molecule has 0 heterocycles. The molecule has 1 aliphatic carbocycles. The van der Waals surface area contributed by atoms with Crippen LogP contribution in [0, 0.1) is 17.8 Å². The van der Waals surface area contributed by atoms with Crippen LogP contribution in [-0.4, -0.2) is 5.38 Å². The Labute approximate surface area is 68.0 Å². The van der Waals surface area contributed by atoms with E-state index in [9.17, 15) is 0 Å². The Hall–Kier alpha value is -0.150. The highest BCUT2D eigenvalue weighted by atomic mass is 35.5. The second-order valence-corrected chi connectivity index (χ2v) is 3.40. The molecule has 1 saturated carbocycles. The normalized spacial score (nSPS) is 31.4. The van der Waals surface area contributed by atoms with Gasteiger partial charge in [-0.3, -0.25) is 0 Å². The summed E-state index contributed by atoms with van der Waals surface area (Å²) in [6.45, 7) is 1.89. The molecule has 0 aromatic carbocycles. The number of hydrogen-bond acceptors (Lipinski definition) is 0. The van der Waals surface area contributed by atoms with Crippen LogP contribution in [0.2, 0.25) is 0 Å². The van der Waals surface area contributed by atoms with Gasteiger partial charge in [-0.15, -0.1) is 23.4 Å². The second kappa shape index (κ2) is 3.88. The van der Waals surface area contributed by atoms with Gasteiger partial charge in [0.15, 0.2) is 0 Å². The number of alkyl halides is 1. The van der Waals surface area contributed by atoms with Crippen LogP contribution in [0.1, 0.15) is 32.6 Å². The summed E-state index contributed by atoms with van der Waals surface area (Å²) < 4.78 is 0. The molecule has 56 valence electrons. The Balaban J connectivity index is 2.31. The quantitative estimate of drug-likeness (QED) is 0.405. The van der Waals surface area contributed by atoms with Crippen molar-refractivity contribution < 1.29 is 0 Å². The monoisotopic (exact) mass is 156 g/mol.